The van der Waals surface area contributed by atoms with Crippen molar-refractivity contribution in [3.05, 3.63) is 88.6 Å². The van der Waals surface area contributed by atoms with E-state index >= 15 is 0 Å². The molecule has 0 saturated heterocycles. The minimum absolute atomic E-state index is 0.226. The number of imidazole rings is 1. The number of carboxylic acids is 1. The molecule has 1 saturated carbocycles. The maximum Gasteiger partial charge on any atom is 0.322 e. The first kappa shape index (κ1) is 29.4. The second-order valence-electron chi connectivity index (χ2n) is 11.3. The van der Waals surface area contributed by atoms with Gasteiger partial charge in [0.15, 0.2) is 0 Å². The summed E-state index contributed by atoms with van der Waals surface area (Å²) < 4.78 is 8.63. The largest absolute Gasteiger partial charge is 0.489 e. The maximum absolute atomic E-state index is 12.6. The summed E-state index contributed by atoms with van der Waals surface area (Å²) in [6.45, 7) is -0.220. The lowest BCUT2D eigenvalue weighted by Gasteiger charge is -2.25. The Morgan fingerprint density at radius 3 is 2.54 bits per heavy atom. The van der Waals surface area contributed by atoms with Gasteiger partial charge in [-0.1, -0.05) is 25.3 Å². The highest BCUT2D eigenvalue weighted by Gasteiger charge is 2.23. The fraction of sp³-hybridized carbons (Fsp3) is 0.235. The first-order chi connectivity index (χ1) is 22.5. The average molecular weight is 634 g/mol. The van der Waals surface area contributed by atoms with Gasteiger partial charge in [0.05, 0.1) is 11.0 Å². The van der Waals surface area contributed by atoms with Crippen molar-refractivity contribution in [3.8, 4) is 39.7 Å². The Balaban J connectivity index is 1.16. The van der Waals surface area contributed by atoms with Crippen LogP contribution in [0, 0.1) is 0 Å². The van der Waals surface area contributed by atoms with E-state index in [0.717, 1.165) is 57.5 Å². The van der Waals surface area contributed by atoms with E-state index in [4.69, 9.17) is 14.8 Å². The number of tetrazole rings is 1. The van der Waals surface area contributed by atoms with Crippen molar-refractivity contribution in [1.29, 1.82) is 0 Å². The van der Waals surface area contributed by atoms with Gasteiger partial charge in [0.25, 0.3) is 5.91 Å². The number of aromatic amines is 1. The van der Waals surface area contributed by atoms with E-state index in [2.05, 4.69) is 36.6 Å². The molecule has 3 aromatic heterocycles. The number of aliphatic carboxylic acids is 1. The highest BCUT2D eigenvalue weighted by molar-refractivity contribution is 7.08. The van der Waals surface area contributed by atoms with Gasteiger partial charge >= 0.3 is 5.97 Å². The third kappa shape index (κ3) is 6.11. The number of carbonyl (C=O) groups is 2. The van der Waals surface area contributed by atoms with Crippen molar-refractivity contribution in [2.45, 2.75) is 44.8 Å². The van der Waals surface area contributed by atoms with Gasteiger partial charge in [-0.05, 0) is 106 Å². The number of hydrogen-bond acceptors (Lipinski definition) is 8. The van der Waals surface area contributed by atoms with Crippen molar-refractivity contribution >= 4 is 34.2 Å². The predicted molar refractivity (Wildman–Crippen MR) is 175 cm³/mol. The molecule has 3 N–H and O–H groups in total. The number of ether oxygens (including phenoxy) is 1. The zero-order chi connectivity index (χ0) is 31.5. The Bertz CT molecular complexity index is 1980. The molecule has 0 atom stereocenters. The van der Waals surface area contributed by atoms with E-state index in [1.165, 1.54) is 19.3 Å². The summed E-state index contributed by atoms with van der Waals surface area (Å²) >= 11 is 1.59. The second kappa shape index (κ2) is 12.9. The molecular weight excluding hydrogens is 602 g/mol. The van der Waals surface area contributed by atoms with E-state index in [0.29, 0.717) is 23.2 Å². The van der Waals surface area contributed by atoms with Gasteiger partial charge in [0.2, 0.25) is 5.82 Å². The number of H-pyrrole nitrogens is 1. The molecule has 11 nitrogen and oxygen atoms in total. The molecule has 1 aliphatic carbocycles. The zero-order valence-electron chi connectivity index (χ0n) is 24.8. The quantitative estimate of drug-likeness (QED) is 0.155. The summed E-state index contributed by atoms with van der Waals surface area (Å²) in [5.41, 5.74) is 7.00. The van der Waals surface area contributed by atoms with Crippen LogP contribution in [0.2, 0.25) is 0 Å². The van der Waals surface area contributed by atoms with Crippen LogP contribution in [-0.2, 0) is 11.4 Å². The van der Waals surface area contributed by atoms with Crippen LogP contribution in [0.3, 0.4) is 0 Å². The molecule has 0 bridgehead atoms. The predicted octanol–water partition coefficient (Wildman–Crippen LogP) is 6.51. The number of rotatable bonds is 10. The first-order valence-corrected chi connectivity index (χ1v) is 16.1. The Morgan fingerprint density at radius 2 is 1.80 bits per heavy atom. The fourth-order valence-corrected chi connectivity index (χ4v) is 6.76. The van der Waals surface area contributed by atoms with Gasteiger partial charge in [-0.2, -0.15) is 16.6 Å². The zero-order valence-corrected chi connectivity index (χ0v) is 25.7. The van der Waals surface area contributed by atoms with E-state index in [-0.39, 0.29) is 6.61 Å². The van der Waals surface area contributed by atoms with Crippen LogP contribution >= 0.6 is 11.3 Å². The van der Waals surface area contributed by atoms with Gasteiger partial charge in [-0.15, -0.1) is 10.2 Å². The molecule has 232 valence electrons. The van der Waals surface area contributed by atoms with Crippen LogP contribution < -0.4 is 10.1 Å². The molecular formula is C34H31N7O4S. The van der Waals surface area contributed by atoms with E-state index in [1.54, 1.807) is 23.5 Å². The Hall–Kier alpha value is -5.36. The molecule has 7 rings (SSSR count). The van der Waals surface area contributed by atoms with Crippen LogP contribution in [0.5, 0.6) is 5.75 Å². The monoisotopic (exact) mass is 633 g/mol. The molecule has 1 fully saturated rings. The van der Waals surface area contributed by atoms with Crippen LogP contribution in [-0.4, -0.2) is 53.7 Å². The normalized spacial score (nSPS) is 13.6. The molecule has 3 heterocycles. The first-order valence-electron chi connectivity index (χ1n) is 15.2. The van der Waals surface area contributed by atoms with Crippen LogP contribution in [0.15, 0.2) is 77.5 Å². The number of hydrogen-bond donors (Lipinski definition) is 3. The number of nitrogens with zero attached hydrogens (tertiary/aromatic N) is 5. The second-order valence-corrected chi connectivity index (χ2v) is 12.1. The highest BCUT2D eigenvalue weighted by atomic mass is 32.1. The number of thiophene rings is 1. The van der Waals surface area contributed by atoms with E-state index in [9.17, 15) is 9.59 Å². The van der Waals surface area contributed by atoms with Crippen LogP contribution in [0.4, 0.5) is 0 Å². The summed E-state index contributed by atoms with van der Waals surface area (Å²) in [6, 6.07) is 21.8. The number of benzene rings is 3. The molecule has 1 amide bonds. The summed E-state index contributed by atoms with van der Waals surface area (Å²) in [5.74, 6) is 0.582. The molecule has 0 spiro atoms. The van der Waals surface area contributed by atoms with Crippen molar-refractivity contribution < 1.29 is 19.4 Å². The van der Waals surface area contributed by atoms with Gasteiger partial charge in [0, 0.05) is 22.7 Å². The van der Waals surface area contributed by atoms with Gasteiger partial charge in [-0.25, -0.2) is 4.98 Å². The van der Waals surface area contributed by atoms with Crippen LogP contribution in [0.25, 0.3) is 44.9 Å². The number of carboxylic acid groups (broad SMARTS) is 1. The molecule has 0 radical (unpaired) electrons. The smallest absolute Gasteiger partial charge is 0.322 e. The number of carbonyl (C=O) groups excluding carboxylic acids is 1. The molecule has 46 heavy (non-hydrogen) atoms. The third-order valence-corrected chi connectivity index (χ3v) is 9.02. The van der Waals surface area contributed by atoms with Crippen molar-refractivity contribution in [3.63, 3.8) is 0 Å². The lowest BCUT2D eigenvalue weighted by Crippen LogP contribution is -2.29. The van der Waals surface area contributed by atoms with Crippen molar-refractivity contribution in [1.82, 2.24) is 35.5 Å². The minimum atomic E-state index is -1.10. The molecule has 3 aromatic carbocycles. The fourth-order valence-electron chi connectivity index (χ4n) is 6.11. The maximum atomic E-state index is 12.6. The van der Waals surface area contributed by atoms with E-state index in [1.807, 2.05) is 59.3 Å². The third-order valence-electron chi connectivity index (χ3n) is 8.34. The molecule has 1 aliphatic rings. The highest BCUT2D eigenvalue weighted by Crippen LogP contribution is 2.37. The Kier molecular flexibility index (Phi) is 8.26. The number of aromatic nitrogens is 6. The Morgan fingerprint density at radius 1 is 0.978 bits per heavy atom. The molecule has 12 heteroatoms. The summed E-state index contributed by atoms with van der Waals surface area (Å²) in [5, 5.41) is 29.9. The standard InChI is InChI=1S/C34H31N7O4S/c42-31(43)18-35-34(44)23-8-12-28(24-14-15-46-20-24)25(16-23)19-45-27-10-6-21(7-11-27)33-36-29-17-22(32-37-39-40-38-32)9-13-30(29)41(33)26-4-2-1-3-5-26/h6-17,20,26H,1-5,18-19H2,(H,35,44)(H,42,43)(H,37,38,39,40). The van der Waals surface area contributed by atoms with Crippen molar-refractivity contribution in [2.24, 2.45) is 0 Å². The van der Waals surface area contributed by atoms with Crippen molar-refractivity contribution in [2.75, 3.05) is 6.54 Å². The van der Waals surface area contributed by atoms with Crippen LogP contribution in [0.1, 0.15) is 54.1 Å². The molecule has 0 aliphatic heterocycles. The van der Waals surface area contributed by atoms with E-state index < -0.39 is 18.4 Å². The van der Waals surface area contributed by atoms with Gasteiger partial charge in [-0.3, -0.25) is 9.59 Å². The van der Waals surface area contributed by atoms with Gasteiger partial charge in [0.1, 0.15) is 24.7 Å². The lowest BCUT2D eigenvalue weighted by molar-refractivity contribution is -0.135. The molecule has 0 unspecified atom stereocenters. The number of amides is 1. The minimum Gasteiger partial charge on any atom is -0.489 e. The summed E-state index contributed by atoms with van der Waals surface area (Å²) in [7, 11) is 0. The lowest BCUT2D eigenvalue weighted by atomic mass is 9.95. The van der Waals surface area contributed by atoms with Gasteiger partial charge < -0.3 is 19.7 Å². The SMILES string of the molecule is O=C(O)CNC(=O)c1ccc(-c2ccsc2)c(COc2ccc(-c3nc4cc(-c5nn[nH]n5)ccc4n3C3CCCCC3)cc2)c1. The number of nitrogens with one attached hydrogen (secondary N) is 2. The number of fused-ring (bicyclic) bond motifs is 1. The molecule has 6 aromatic rings. The average Bonchev–Trinajstić information content (AvgIpc) is 3.88. The summed E-state index contributed by atoms with van der Waals surface area (Å²) in [4.78, 5) is 28.6. The Labute approximate surface area is 268 Å². The topological polar surface area (TPSA) is 148 Å². The summed E-state index contributed by atoms with van der Waals surface area (Å²) in [6.07, 6.45) is 5.90.